The summed E-state index contributed by atoms with van der Waals surface area (Å²) in [5.41, 5.74) is 6.41. The number of carbonyl (C=O) groups excluding carboxylic acids is 2. The molecule has 0 saturated heterocycles. The molecule has 6 heteroatoms. The lowest BCUT2D eigenvalue weighted by Crippen LogP contribution is -2.18. The smallest absolute Gasteiger partial charge is 0.225 e. The number of azo groups is 1. The van der Waals surface area contributed by atoms with Crippen LogP contribution in [0, 0.1) is 0 Å². The molecular weight excluding hydrogens is 592 g/mol. The summed E-state index contributed by atoms with van der Waals surface area (Å²) >= 11 is 0. The minimum atomic E-state index is -0.180. The molecule has 0 saturated carbocycles. The van der Waals surface area contributed by atoms with Gasteiger partial charge in [0.25, 0.3) is 0 Å². The van der Waals surface area contributed by atoms with Gasteiger partial charge in [0.05, 0.1) is 11.4 Å². The highest BCUT2D eigenvalue weighted by atomic mass is 16.2. The molecule has 0 bridgehead atoms. The fourth-order valence-corrected chi connectivity index (χ4v) is 5.79. The van der Waals surface area contributed by atoms with Gasteiger partial charge in [0.2, 0.25) is 11.8 Å². The Labute approximate surface area is 281 Å². The highest BCUT2D eigenvalue weighted by molar-refractivity contribution is 5.97. The van der Waals surface area contributed by atoms with Crippen LogP contribution in [-0.2, 0) is 9.59 Å². The Morgan fingerprint density at radius 2 is 0.854 bits per heavy atom. The zero-order valence-corrected chi connectivity index (χ0v) is 26.4. The summed E-state index contributed by atoms with van der Waals surface area (Å²) in [5.74, 6) is -0.576. The molecule has 0 spiro atoms. The Kier molecular flexibility index (Phi) is 10.6. The summed E-state index contributed by atoms with van der Waals surface area (Å²) in [7, 11) is 0. The molecular formula is C42H36N4O2. The van der Waals surface area contributed by atoms with Gasteiger partial charge in [-0.3, -0.25) is 9.59 Å². The van der Waals surface area contributed by atoms with Crippen LogP contribution in [0.2, 0.25) is 0 Å². The number of nitrogens with zero attached hydrogens (tertiary/aromatic N) is 2. The molecule has 0 fully saturated rings. The van der Waals surface area contributed by atoms with Gasteiger partial charge >= 0.3 is 0 Å². The van der Waals surface area contributed by atoms with Crippen LogP contribution in [0.3, 0.4) is 0 Å². The van der Waals surface area contributed by atoms with Crippen LogP contribution in [-0.4, -0.2) is 11.8 Å². The van der Waals surface area contributed by atoms with Crippen LogP contribution in [0.15, 0.2) is 180 Å². The fraction of sp³-hybridized carbons (Fsp3) is 0.0952. The molecule has 236 valence electrons. The van der Waals surface area contributed by atoms with Crippen molar-refractivity contribution in [1.82, 2.24) is 0 Å². The van der Waals surface area contributed by atoms with Crippen molar-refractivity contribution in [2.75, 3.05) is 10.6 Å². The van der Waals surface area contributed by atoms with E-state index in [1.165, 1.54) is 0 Å². The predicted molar refractivity (Wildman–Crippen MR) is 193 cm³/mol. The van der Waals surface area contributed by atoms with E-state index in [1.54, 1.807) is 18.2 Å². The largest absolute Gasteiger partial charge is 0.326 e. The Bertz CT molecular complexity index is 1870. The lowest BCUT2D eigenvalue weighted by atomic mass is 9.88. The van der Waals surface area contributed by atoms with E-state index in [0.29, 0.717) is 22.7 Å². The molecule has 6 rings (SSSR count). The lowest BCUT2D eigenvalue weighted by Gasteiger charge is -2.19. The first-order valence-electron chi connectivity index (χ1n) is 16.0. The van der Waals surface area contributed by atoms with E-state index in [0.717, 1.165) is 22.3 Å². The first kappa shape index (κ1) is 31.8. The standard InChI is InChI=1S/C42H36N4O2/c47-41(29-37(31-16-6-1-7-17-31)32-18-8-2-9-19-32)43-36-26-27-39(46-45-35-24-14-5-15-25-35)40(28-36)44-42(48)30-38(33-20-10-3-11-21-33)34-22-12-4-13-23-34/h1-28,37-38H,29-30H2,(H,43,47)(H,44,48). The molecule has 0 radical (unpaired) electrons. The quantitative estimate of drug-likeness (QED) is 0.132. The van der Waals surface area contributed by atoms with Crippen molar-refractivity contribution in [2.45, 2.75) is 24.7 Å². The van der Waals surface area contributed by atoms with E-state index in [9.17, 15) is 9.59 Å². The van der Waals surface area contributed by atoms with Crippen molar-refractivity contribution in [3.8, 4) is 0 Å². The summed E-state index contributed by atoms with van der Waals surface area (Å²) in [4.78, 5) is 27.2. The maximum Gasteiger partial charge on any atom is 0.225 e. The normalized spacial score (nSPS) is 11.1. The Morgan fingerprint density at radius 3 is 1.29 bits per heavy atom. The van der Waals surface area contributed by atoms with Gasteiger partial charge in [-0.1, -0.05) is 140 Å². The predicted octanol–water partition coefficient (Wildman–Crippen LogP) is 10.4. The van der Waals surface area contributed by atoms with Gasteiger partial charge in [-0.2, -0.15) is 5.11 Å². The van der Waals surface area contributed by atoms with Crippen molar-refractivity contribution >= 4 is 34.6 Å². The molecule has 0 aliphatic heterocycles. The first-order valence-corrected chi connectivity index (χ1v) is 16.0. The summed E-state index contributed by atoms with van der Waals surface area (Å²) < 4.78 is 0. The molecule has 6 nitrogen and oxygen atoms in total. The summed E-state index contributed by atoms with van der Waals surface area (Å²) in [6, 6.07) is 54.8. The van der Waals surface area contributed by atoms with E-state index in [4.69, 9.17) is 0 Å². The van der Waals surface area contributed by atoms with Crippen LogP contribution in [0.1, 0.15) is 46.9 Å². The van der Waals surface area contributed by atoms with Crippen LogP contribution < -0.4 is 10.6 Å². The van der Waals surface area contributed by atoms with Gasteiger partial charge < -0.3 is 10.6 Å². The lowest BCUT2D eigenvalue weighted by molar-refractivity contribution is -0.117. The topological polar surface area (TPSA) is 82.9 Å². The second kappa shape index (κ2) is 15.9. The Hall–Kier alpha value is -6.14. The van der Waals surface area contributed by atoms with Gasteiger partial charge in [0, 0.05) is 30.4 Å². The van der Waals surface area contributed by atoms with E-state index in [1.807, 2.05) is 152 Å². The minimum Gasteiger partial charge on any atom is -0.326 e. The van der Waals surface area contributed by atoms with E-state index >= 15 is 0 Å². The second-order valence-corrected chi connectivity index (χ2v) is 11.5. The maximum atomic E-state index is 13.7. The van der Waals surface area contributed by atoms with Crippen LogP contribution >= 0.6 is 0 Å². The number of rotatable bonds is 12. The average Bonchev–Trinajstić information content (AvgIpc) is 3.14. The van der Waals surface area contributed by atoms with Crippen LogP contribution in [0.4, 0.5) is 22.7 Å². The third-order valence-electron chi connectivity index (χ3n) is 8.17. The number of amides is 2. The fourth-order valence-electron chi connectivity index (χ4n) is 5.79. The van der Waals surface area contributed by atoms with Gasteiger partial charge in [-0.15, -0.1) is 5.11 Å². The Morgan fingerprint density at radius 1 is 0.458 bits per heavy atom. The average molecular weight is 629 g/mol. The van der Waals surface area contributed by atoms with Gasteiger partial charge in [0.15, 0.2) is 0 Å². The van der Waals surface area contributed by atoms with E-state index in [-0.39, 0.29) is 36.5 Å². The maximum absolute atomic E-state index is 13.7. The highest BCUT2D eigenvalue weighted by Crippen LogP contribution is 2.34. The molecule has 2 amide bonds. The number of nitrogens with one attached hydrogen (secondary N) is 2. The van der Waals surface area contributed by atoms with Gasteiger partial charge in [-0.25, -0.2) is 0 Å². The molecule has 0 unspecified atom stereocenters. The van der Waals surface area contributed by atoms with Crippen molar-refractivity contribution in [2.24, 2.45) is 10.2 Å². The molecule has 6 aromatic rings. The van der Waals surface area contributed by atoms with Gasteiger partial charge in [-0.05, 0) is 52.6 Å². The van der Waals surface area contributed by atoms with E-state index in [2.05, 4.69) is 20.9 Å². The molecule has 0 atom stereocenters. The zero-order valence-electron chi connectivity index (χ0n) is 26.4. The number of hydrogen-bond donors (Lipinski definition) is 2. The summed E-state index contributed by atoms with van der Waals surface area (Å²) in [6.07, 6.45) is 0.469. The van der Waals surface area contributed by atoms with Crippen LogP contribution in [0.5, 0.6) is 0 Å². The number of carbonyl (C=O) groups is 2. The molecule has 48 heavy (non-hydrogen) atoms. The molecule has 0 heterocycles. The Balaban J connectivity index is 1.25. The molecule has 0 aromatic heterocycles. The van der Waals surface area contributed by atoms with Crippen molar-refractivity contribution < 1.29 is 9.59 Å². The van der Waals surface area contributed by atoms with Crippen molar-refractivity contribution in [1.29, 1.82) is 0 Å². The number of hydrogen-bond acceptors (Lipinski definition) is 4. The van der Waals surface area contributed by atoms with E-state index < -0.39 is 0 Å². The van der Waals surface area contributed by atoms with Crippen LogP contribution in [0.25, 0.3) is 0 Å². The van der Waals surface area contributed by atoms with Crippen molar-refractivity contribution in [3.05, 3.63) is 192 Å². The zero-order chi connectivity index (χ0) is 33.0. The van der Waals surface area contributed by atoms with Gasteiger partial charge in [0.1, 0.15) is 5.69 Å². The first-order chi connectivity index (χ1) is 23.6. The SMILES string of the molecule is O=C(CC(c1ccccc1)c1ccccc1)Nc1ccc(N=Nc2ccccc2)c(NC(=O)CC(c2ccccc2)c2ccccc2)c1. The highest BCUT2D eigenvalue weighted by Gasteiger charge is 2.21. The van der Waals surface area contributed by atoms with Crippen molar-refractivity contribution in [3.63, 3.8) is 0 Å². The summed E-state index contributed by atoms with van der Waals surface area (Å²) in [6.45, 7) is 0. The number of anilines is 2. The molecule has 0 aliphatic carbocycles. The second-order valence-electron chi connectivity index (χ2n) is 11.5. The third-order valence-corrected chi connectivity index (χ3v) is 8.17. The number of benzene rings is 6. The molecule has 0 aliphatic rings. The monoisotopic (exact) mass is 628 g/mol. The molecule has 6 aromatic carbocycles. The third kappa shape index (κ3) is 8.56. The minimum absolute atomic E-state index is 0.113. The molecule has 2 N–H and O–H groups in total. The summed E-state index contributed by atoms with van der Waals surface area (Å²) in [5, 5.41) is 15.0.